The van der Waals surface area contributed by atoms with Crippen molar-refractivity contribution in [2.24, 2.45) is 0 Å². The van der Waals surface area contributed by atoms with Gasteiger partial charge in [0.05, 0.1) is 24.9 Å². The molecule has 15 heavy (non-hydrogen) atoms. The summed E-state index contributed by atoms with van der Waals surface area (Å²) in [7, 11) is 0. The number of nitrogens with two attached hydrogens (primary N) is 1. The molecule has 82 valence electrons. The van der Waals surface area contributed by atoms with E-state index in [0.717, 1.165) is 30.0 Å². The first-order valence-electron chi connectivity index (χ1n) is 4.94. The van der Waals surface area contributed by atoms with Gasteiger partial charge in [0.15, 0.2) is 5.82 Å². The van der Waals surface area contributed by atoms with Crippen molar-refractivity contribution in [3.63, 3.8) is 0 Å². The molecule has 2 N–H and O–H groups in total. The van der Waals surface area contributed by atoms with Crippen molar-refractivity contribution in [1.29, 1.82) is 0 Å². The predicted octanol–water partition coefficient (Wildman–Crippen LogP) is 1.65. The maximum Gasteiger partial charge on any atom is 0.152 e. The Morgan fingerprint density at radius 2 is 2.47 bits per heavy atom. The van der Waals surface area contributed by atoms with Crippen molar-refractivity contribution in [3.8, 4) is 0 Å². The van der Waals surface area contributed by atoms with E-state index in [2.05, 4.69) is 32.7 Å². The Morgan fingerprint density at radius 1 is 1.67 bits per heavy atom. The number of halogens is 1. The van der Waals surface area contributed by atoms with E-state index in [9.17, 15) is 0 Å². The van der Waals surface area contributed by atoms with Gasteiger partial charge >= 0.3 is 0 Å². The van der Waals surface area contributed by atoms with Gasteiger partial charge in [0.25, 0.3) is 0 Å². The van der Waals surface area contributed by atoms with Gasteiger partial charge in [-0.15, -0.1) is 0 Å². The SMILES string of the molecule is CC1COCCN1c1ncc(Br)cc1N. The van der Waals surface area contributed by atoms with Crippen LogP contribution in [0.15, 0.2) is 16.7 Å². The lowest BCUT2D eigenvalue weighted by molar-refractivity contribution is 0.0986. The maximum absolute atomic E-state index is 5.94. The van der Waals surface area contributed by atoms with Gasteiger partial charge in [-0.1, -0.05) is 0 Å². The van der Waals surface area contributed by atoms with Crippen LogP contribution in [-0.4, -0.2) is 30.8 Å². The topological polar surface area (TPSA) is 51.4 Å². The second-order valence-corrected chi connectivity index (χ2v) is 4.60. The molecule has 1 saturated heterocycles. The second kappa shape index (κ2) is 4.37. The zero-order valence-corrected chi connectivity index (χ0v) is 10.2. The first-order chi connectivity index (χ1) is 7.18. The molecule has 1 unspecified atom stereocenters. The summed E-state index contributed by atoms with van der Waals surface area (Å²) in [5, 5.41) is 0. The molecule has 0 aromatic carbocycles. The van der Waals surface area contributed by atoms with Crippen molar-refractivity contribution in [2.75, 3.05) is 30.4 Å². The van der Waals surface area contributed by atoms with Crippen LogP contribution in [0.3, 0.4) is 0 Å². The number of nitrogens with zero attached hydrogens (tertiary/aromatic N) is 2. The van der Waals surface area contributed by atoms with Crippen LogP contribution >= 0.6 is 15.9 Å². The van der Waals surface area contributed by atoms with Crippen LogP contribution in [0.2, 0.25) is 0 Å². The van der Waals surface area contributed by atoms with Gasteiger partial charge in [0, 0.05) is 17.2 Å². The van der Waals surface area contributed by atoms with E-state index in [-0.39, 0.29) is 0 Å². The molecule has 0 amide bonds. The van der Waals surface area contributed by atoms with Crippen molar-refractivity contribution in [3.05, 3.63) is 16.7 Å². The first-order valence-corrected chi connectivity index (χ1v) is 5.73. The molecule has 0 aliphatic carbocycles. The molecule has 0 spiro atoms. The number of anilines is 2. The largest absolute Gasteiger partial charge is 0.396 e. The minimum absolute atomic E-state index is 0.328. The summed E-state index contributed by atoms with van der Waals surface area (Å²) in [6.45, 7) is 4.43. The Hall–Kier alpha value is -0.810. The number of pyridine rings is 1. The van der Waals surface area contributed by atoms with Crippen molar-refractivity contribution < 1.29 is 4.74 Å². The van der Waals surface area contributed by atoms with Crippen LogP contribution in [0, 0.1) is 0 Å². The van der Waals surface area contributed by atoms with Crippen LogP contribution in [-0.2, 0) is 4.74 Å². The van der Waals surface area contributed by atoms with Gasteiger partial charge in [0.1, 0.15) is 0 Å². The van der Waals surface area contributed by atoms with Gasteiger partial charge in [-0.3, -0.25) is 0 Å². The molecule has 5 heteroatoms. The van der Waals surface area contributed by atoms with E-state index in [1.807, 2.05) is 6.07 Å². The number of ether oxygens (including phenoxy) is 1. The highest BCUT2D eigenvalue weighted by molar-refractivity contribution is 9.10. The van der Waals surface area contributed by atoms with Gasteiger partial charge in [-0.05, 0) is 28.9 Å². The van der Waals surface area contributed by atoms with E-state index in [0.29, 0.717) is 11.7 Å². The van der Waals surface area contributed by atoms with Crippen LogP contribution in [0.5, 0.6) is 0 Å². The summed E-state index contributed by atoms with van der Waals surface area (Å²) >= 11 is 3.35. The number of morpholine rings is 1. The molecule has 2 rings (SSSR count). The molecule has 1 fully saturated rings. The normalized spacial score (nSPS) is 21.7. The van der Waals surface area contributed by atoms with Crippen LogP contribution in [0.25, 0.3) is 0 Å². The highest BCUT2D eigenvalue weighted by Crippen LogP contribution is 2.26. The van der Waals surface area contributed by atoms with E-state index < -0.39 is 0 Å². The summed E-state index contributed by atoms with van der Waals surface area (Å²) in [5.41, 5.74) is 6.65. The molecule has 0 saturated carbocycles. The summed E-state index contributed by atoms with van der Waals surface area (Å²) in [6, 6.07) is 2.21. The fraction of sp³-hybridized carbons (Fsp3) is 0.500. The van der Waals surface area contributed by atoms with Crippen LogP contribution < -0.4 is 10.6 Å². The van der Waals surface area contributed by atoms with E-state index in [1.165, 1.54) is 0 Å². The third-order valence-corrected chi connectivity index (χ3v) is 2.94. The van der Waals surface area contributed by atoms with Crippen molar-refractivity contribution >= 4 is 27.4 Å². The lowest BCUT2D eigenvalue weighted by Crippen LogP contribution is -2.44. The zero-order chi connectivity index (χ0) is 10.8. The molecule has 0 radical (unpaired) electrons. The monoisotopic (exact) mass is 271 g/mol. The zero-order valence-electron chi connectivity index (χ0n) is 8.61. The molecule has 0 bridgehead atoms. The van der Waals surface area contributed by atoms with E-state index >= 15 is 0 Å². The van der Waals surface area contributed by atoms with Gasteiger partial charge < -0.3 is 15.4 Å². The third kappa shape index (κ3) is 2.23. The van der Waals surface area contributed by atoms with Gasteiger partial charge in [-0.2, -0.15) is 0 Å². The Labute approximate surface area is 97.6 Å². The molecule has 1 aromatic heterocycles. The average molecular weight is 272 g/mol. The van der Waals surface area contributed by atoms with E-state index in [4.69, 9.17) is 10.5 Å². The molecule has 1 aliphatic rings. The summed E-state index contributed by atoms with van der Waals surface area (Å²) < 4.78 is 6.28. The first kappa shape index (κ1) is 10.7. The number of hydrogen-bond donors (Lipinski definition) is 1. The van der Waals surface area contributed by atoms with E-state index in [1.54, 1.807) is 6.20 Å². The summed E-state index contributed by atoms with van der Waals surface area (Å²) in [5.74, 6) is 0.856. The smallest absolute Gasteiger partial charge is 0.152 e. The number of nitrogen functional groups attached to an aromatic ring is 1. The standard InChI is InChI=1S/C10H14BrN3O/c1-7-6-15-3-2-14(7)10-9(12)4-8(11)5-13-10/h4-5,7H,2-3,6,12H2,1H3. The fourth-order valence-corrected chi connectivity index (χ4v) is 2.08. The number of rotatable bonds is 1. The predicted molar refractivity (Wildman–Crippen MR) is 64.0 cm³/mol. The Bertz CT molecular complexity index is 359. The van der Waals surface area contributed by atoms with Gasteiger partial charge in [-0.25, -0.2) is 4.98 Å². The molecule has 1 atom stereocenters. The number of aromatic nitrogens is 1. The minimum Gasteiger partial charge on any atom is -0.396 e. The van der Waals surface area contributed by atoms with Crippen LogP contribution in [0.1, 0.15) is 6.92 Å². The Kier molecular flexibility index (Phi) is 3.11. The average Bonchev–Trinajstić information content (AvgIpc) is 2.20. The molecular formula is C10H14BrN3O. The molecular weight excluding hydrogens is 258 g/mol. The quantitative estimate of drug-likeness (QED) is 0.844. The Balaban J connectivity index is 2.27. The highest BCUT2D eigenvalue weighted by atomic mass is 79.9. The van der Waals surface area contributed by atoms with Crippen LogP contribution in [0.4, 0.5) is 11.5 Å². The lowest BCUT2D eigenvalue weighted by atomic mass is 10.2. The highest BCUT2D eigenvalue weighted by Gasteiger charge is 2.21. The summed E-state index contributed by atoms with van der Waals surface area (Å²) in [6.07, 6.45) is 1.77. The molecule has 1 aromatic rings. The molecule has 1 aliphatic heterocycles. The Morgan fingerprint density at radius 3 is 3.13 bits per heavy atom. The fourth-order valence-electron chi connectivity index (χ4n) is 1.73. The second-order valence-electron chi connectivity index (χ2n) is 3.68. The van der Waals surface area contributed by atoms with Gasteiger partial charge in [0.2, 0.25) is 0 Å². The van der Waals surface area contributed by atoms with Crippen molar-refractivity contribution in [2.45, 2.75) is 13.0 Å². The molecule has 4 nitrogen and oxygen atoms in total. The minimum atomic E-state index is 0.328. The van der Waals surface area contributed by atoms with Crippen molar-refractivity contribution in [1.82, 2.24) is 4.98 Å². The third-order valence-electron chi connectivity index (χ3n) is 2.50. The maximum atomic E-state index is 5.94. The molecule has 2 heterocycles. The lowest BCUT2D eigenvalue weighted by Gasteiger charge is -2.34. The summed E-state index contributed by atoms with van der Waals surface area (Å²) in [4.78, 5) is 6.54. The number of hydrogen-bond acceptors (Lipinski definition) is 4.